The summed E-state index contributed by atoms with van der Waals surface area (Å²) in [6.45, 7) is 6.88. The van der Waals surface area contributed by atoms with Gasteiger partial charge in [0.05, 0.1) is 0 Å². The summed E-state index contributed by atoms with van der Waals surface area (Å²) < 4.78 is 0. The van der Waals surface area contributed by atoms with E-state index in [1.54, 1.807) is 0 Å². The Balaban J connectivity index is 1.55. The zero-order valence-electron chi connectivity index (χ0n) is 14.8. The molecule has 134 valence electrons. The number of halogens is 1. The average Bonchev–Trinajstić information content (AvgIpc) is 2.66. The van der Waals surface area contributed by atoms with Crippen LogP contribution in [0.2, 0.25) is 5.02 Å². The largest absolute Gasteiger partial charge is 0.370 e. The van der Waals surface area contributed by atoms with Crippen LogP contribution in [0, 0.1) is 0 Å². The van der Waals surface area contributed by atoms with E-state index in [2.05, 4.69) is 38.1 Å². The predicted molar refractivity (Wildman–Crippen MR) is 106 cm³/mol. The predicted octanol–water partition coefficient (Wildman–Crippen LogP) is 4.06. The SMILES string of the molecule is CCCCCNc1ccnc(N2CCN(c3cccc(Cl)c3)CC2)n1. The number of rotatable bonds is 7. The first-order valence-corrected chi connectivity index (χ1v) is 9.46. The van der Waals surface area contributed by atoms with Crippen molar-refractivity contribution in [3.05, 3.63) is 41.6 Å². The molecule has 1 aromatic carbocycles. The highest BCUT2D eigenvalue weighted by molar-refractivity contribution is 6.30. The minimum Gasteiger partial charge on any atom is -0.370 e. The van der Waals surface area contributed by atoms with Crippen molar-refractivity contribution in [3.63, 3.8) is 0 Å². The number of anilines is 3. The summed E-state index contributed by atoms with van der Waals surface area (Å²) in [5, 5.41) is 4.18. The molecule has 0 bridgehead atoms. The molecule has 2 aromatic rings. The molecule has 0 unspecified atom stereocenters. The fraction of sp³-hybridized carbons (Fsp3) is 0.474. The maximum atomic E-state index is 6.10. The van der Waals surface area contributed by atoms with Crippen molar-refractivity contribution >= 4 is 29.1 Å². The van der Waals surface area contributed by atoms with Gasteiger partial charge in [-0.2, -0.15) is 4.98 Å². The second kappa shape index (κ2) is 8.90. The molecule has 6 heteroatoms. The number of hydrogen-bond donors (Lipinski definition) is 1. The van der Waals surface area contributed by atoms with Crippen molar-refractivity contribution in [1.29, 1.82) is 0 Å². The van der Waals surface area contributed by atoms with Gasteiger partial charge in [0.2, 0.25) is 5.95 Å². The van der Waals surface area contributed by atoms with Crippen LogP contribution < -0.4 is 15.1 Å². The Labute approximate surface area is 155 Å². The van der Waals surface area contributed by atoms with E-state index in [-0.39, 0.29) is 0 Å². The van der Waals surface area contributed by atoms with Gasteiger partial charge in [0.15, 0.2) is 0 Å². The second-order valence-corrected chi connectivity index (χ2v) is 6.77. The third-order valence-electron chi connectivity index (χ3n) is 4.47. The van der Waals surface area contributed by atoms with Gasteiger partial charge in [-0.25, -0.2) is 4.98 Å². The van der Waals surface area contributed by atoms with Crippen LogP contribution >= 0.6 is 11.6 Å². The molecule has 0 atom stereocenters. The van der Waals surface area contributed by atoms with E-state index in [9.17, 15) is 0 Å². The first-order valence-electron chi connectivity index (χ1n) is 9.08. The van der Waals surface area contributed by atoms with Crippen LogP contribution in [-0.4, -0.2) is 42.7 Å². The Morgan fingerprint density at radius 1 is 1.08 bits per heavy atom. The molecule has 1 aromatic heterocycles. The first-order chi connectivity index (χ1) is 12.3. The molecule has 3 rings (SSSR count). The van der Waals surface area contributed by atoms with E-state index in [1.807, 2.05) is 30.5 Å². The number of benzene rings is 1. The summed E-state index contributed by atoms with van der Waals surface area (Å²) in [7, 11) is 0. The summed E-state index contributed by atoms with van der Waals surface area (Å²) in [5.41, 5.74) is 1.18. The van der Waals surface area contributed by atoms with Gasteiger partial charge in [0.1, 0.15) is 5.82 Å². The van der Waals surface area contributed by atoms with Crippen molar-refractivity contribution in [2.75, 3.05) is 47.8 Å². The zero-order chi connectivity index (χ0) is 17.5. The number of piperazine rings is 1. The monoisotopic (exact) mass is 359 g/mol. The van der Waals surface area contributed by atoms with Crippen molar-refractivity contribution < 1.29 is 0 Å². The topological polar surface area (TPSA) is 44.3 Å². The van der Waals surface area contributed by atoms with Crippen LogP contribution in [0.25, 0.3) is 0 Å². The molecule has 1 aliphatic rings. The van der Waals surface area contributed by atoms with Gasteiger partial charge < -0.3 is 15.1 Å². The molecule has 5 nitrogen and oxygen atoms in total. The lowest BCUT2D eigenvalue weighted by atomic mass is 10.2. The Bertz CT molecular complexity index is 670. The molecular formula is C19H26ClN5. The summed E-state index contributed by atoms with van der Waals surface area (Å²) in [5.74, 6) is 1.73. The molecule has 1 fully saturated rings. The zero-order valence-corrected chi connectivity index (χ0v) is 15.5. The second-order valence-electron chi connectivity index (χ2n) is 6.33. The minimum absolute atomic E-state index is 0.783. The Hall–Kier alpha value is -2.01. The normalized spacial score (nSPS) is 14.6. The van der Waals surface area contributed by atoms with Gasteiger partial charge in [-0.05, 0) is 30.7 Å². The van der Waals surface area contributed by atoms with E-state index in [0.717, 1.165) is 49.5 Å². The molecule has 1 saturated heterocycles. The van der Waals surface area contributed by atoms with Crippen LogP contribution in [0.5, 0.6) is 0 Å². The molecule has 1 N–H and O–H groups in total. The quantitative estimate of drug-likeness (QED) is 0.755. The molecule has 0 radical (unpaired) electrons. The van der Waals surface area contributed by atoms with Crippen LogP contribution in [0.3, 0.4) is 0 Å². The molecule has 25 heavy (non-hydrogen) atoms. The smallest absolute Gasteiger partial charge is 0.227 e. The number of hydrogen-bond acceptors (Lipinski definition) is 5. The lowest BCUT2D eigenvalue weighted by Crippen LogP contribution is -2.47. The van der Waals surface area contributed by atoms with Crippen LogP contribution in [-0.2, 0) is 0 Å². The van der Waals surface area contributed by atoms with E-state index in [4.69, 9.17) is 11.6 Å². The van der Waals surface area contributed by atoms with Crippen molar-refractivity contribution in [2.45, 2.75) is 26.2 Å². The van der Waals surface area contributed by atoms with Gasteiger partial charge in [-0.1, -0.05) is 37.4 Å². The summed E-state index contributed by atoms with van der Waals surface area (Å²) >= 11 is 6.10. The standard InChI is InChI=1S/C19H26ClN5/c1-2-3-4-9-21-18-8-10-22-19(23-18)25-13-11-24(12-14-25)17-7-5-6-16(20)15-17/h5-8,10,15H,2-4,9,11-14H2,1H3,(H,21,22,23). The van der Waals surface area contributed by atoms with E-state index >= 15 is 0 Å². The van der Waals surface area contributed by atoms with Crippen molar-refractivity contribution in [3.8, 4) is 0 Å². The Kier molecular flexibility index (Phi) is 6.34. The van der Waals surface area contributed by atoms with Crippen LogP contribution in [0.1, 0.15) is 26.2 Å². The van der Waals surface area contributed by atoms with Gasteiger partial charge in [-0.3, -0.25) is 0 Å². The number of unbranched alkanes of at least 4 members (excludes halogenated alkanes) is 2. The highest BCUT2D eigenvalue weighted by Gasteiger charge is 2.19. The van der Waals surface area contributed by atoms with E-state index < -0.39 is 0 Å². The fourth-order valence-corrected chi connectivity index (χ4v) is 3.21. The highest BCUT2D eigenvalue weighted by atomic mass is 35.5. The molecule has 0 saturated carbocycles. The summed E-state index contributed by atoms with van der Waals surface area (Å²) in [6, 6.07) is 9.99. The fourth-order valence-electron chi connectivity index (χ4n) is 3.03. The third-order valence-corrected chi connectivity index (χ3v) is 4.70. The number of nitrogens with zero attached hydrogens (tertiary/aromatic N) is 4. The maximum absolute atomic E-state index is 6.10. The number of nitrogens with one attached hydrogen (secondary N) is 1. The highest BCUT2D eigenvalue weighted by Crippen LogP contribution is 2.22. The lowest BCUT2D eigenvalue weighted by molar-refractivity contribution is 0.640. The van der Waals surface area contributed by atoms with Crippen LogP contribution in [0.4, 0.5) is 17.5 Å². The maximum Gasteiger partial charge on any atom is 0.227 e. The molecule has 0 aliphatic carbocycles. The van der Waals surface area contributed by atoms with Crippen LogP contribution in [0.15, 0.2) is 36.5 Å². The number of aromatic nitrogens is 2. The van der Waals surface area contributed by atoms with Gasteiger partial charge in [0.25, 0.3) is 0 Å². The van der Waals surface area contributed by atoms with Gasteiger partial charge >= 0.3 is 0 Å². The molecule has 1 aliphatic heterocycles. The van der Waals surface area contributed by atoms with E-state index in [1.165, 1.54) is 24.9 Å². The minimum atomic E-state index is 0.783. The molecule has 0 spiro atoms. The first kappa shape index (κ1) is 17.8. The molecule has 2 heterocycles. The Morgan fingerprint density at radius 3 is 2.64 bits per heavy atom. The van der Waals surface area contributed by atoms with Gasteiger partial charge in [0, 0.05) is 49.6 Å². The van der Waals surface area contributed by atoms with E-state index in [0.29, 0.717) is 0 Å². The van der Waals surface area contributed by atoms with Gasteiger partial charge in [-0.15, -0.1) is 0 Å². The third kappa shape index (κ3) is 4.98. The Morgan fingerprint density at radius 2 is 1.88 bits per heavy atom. The summed E-state index contributed by atoms with van der Waals surface area (Å²) in [6.07, 6.45) is 5.49. The molecule has 0 amide bonds. The summed E-state index contributed by atoms with van der Waals surface area (Å²) in [4.78, 5) is 13.7. The molecular weight excluding hydrogens is 334 g/mol. The van der Waals surface area contributed by atoms with Crippen molar-refractivity contribution in [2.24, 2.45) is 0 Å². The van der Waals surface area contributed by atoms with Crippen molar-refractivity contribution in [1.82, 2.24) is 9.97 Å². The lowest BCUT2D eigenvalue weighted by Gasteiger charge is -2.36. The average molecular weight is 360 g/mol.